The van der Waals surface area contributed by atoms with Gasteiger partial charge >= 0.3 is 0 Å². The normalized spacial score (nSPS) is 16.7. The quantitative estimate of drug-likeness (QED) is 0.489. The minimum absolute atomic E-state index is 0.0181. The fourth-order valence-electron chi connectivity index (χ4n) is 3.79. The zero-order chi connectivity index (χ0) is 15.7. The Morgan fingerprint density at radius 3 is 2.30 bits per heavy atom. The number of thioether (sulfide) groups is 1. The molecule has 0 amide bonds. The smallest absolute Gasteiger partial charge is 0.140 e. The van der Waals surface area contributed by atoms with Crippen LogP contribution in [0.1, 0.15) is 37.1 Å². The van der Waals surface area contributed by atoms with E-state index in [0.29, 0.717) is 0 Å². The first-order chi connectivity index (χ1) is 11.3. The highest BCUT2D eigenvalue weighted by molar-refractivity contribution is 7.98. The van der Waals surface area contributed by atoms with Crippen LogP contribution in [0.4, 0.5) is 0 Å². The molecule has 1 aliphatic carbocycles. The van der Waals surface area contributed by atoms with Crippen LogP contribution in [0, 0.1) is 0 Å². The Morgan fingerprint density at radius 1 is 0.870 bits per heavy atom. The van der Waals surface area contributed by atoms with Gasteiger partial charge in [0.15, 0.2) is 0 Å². The number of rotatable bonds is 3. The molecule has 2 nitrogen and oxygen atoms in total. The SMILES string of the molecule is CSc1nc(C2(c3ccccc3)CCCC2)nc2ccccc12. The van der Waals surface area contributed by atoms with Crippen molar-refractivity contribution < 1.29 is 0 Å². The molecule has 0 spiro atoms. The van der Waals surface area contributed by atoms with Crippen molar-refractivity contribution in [1.29, 1.82) is 0 Å². The maximum Gasteiger partial charge on any atom is 0.140 e. The Balaban J connectivity index is 1.95. The van der Waals surface area contributed by atoms with Gasteiger partial charge in [0.25, 0.3) is 0 Å². The van der Waals surface area contributed by atoms with Crippen LogP contribution in [0.25, 0.3) is 10.9 Å². The lowest BCUT2D eigenvalue weighted by Gasteiger charge is -2.28. The molecule has 0 unspecified atom stereocenters. The first-order valence-corrected chi connectivity index (χ1v) is 9.43. The highest BCUT2D eigenvalue weighted by atomic mass is 32.2. The summed E-state index contributed by atoms with van der Waals surface area (Å²) in [6.45, 7) is 0. The molecule has 0 atom stereocenters. The Bertz CT molecular complexity index is 823. The molecule has 0 radical (unpaired) electrons. The molecular weight excluding hydrogens is 300 g/mol. The van der Waals surface area contributed by atoms with Crippen molar-refractivity contribution in [2.75, 3.05) is 6.26 Å². The lowest BCUT2D eigenvalue weighted by atomic mass is 9.78. The molecule has 0 bridgehead atoms. The number of para-hydroxylation sites is 1. The second kappa shape index (κ2) is 5.97. The second-order valence-electron chi connectivity index (χ2n) is 6.23. The summed E-state index contributed by atoms with van der Waals surface area (Å²) in [4.78, 5) is 9.99. The Kier molecular flexibility index (Phi) is 3.82. The maximum atomic E-state index is 5.00. The molecule has 1 aromatic heterocycles. The van der Waals surface area contributed by atoms with Crippen molar-refractivity contribution in [2.24, 2.45) is 0 Å². The van der Waals surface area contributed by atoms with Crippen molar-refractivity contribution in [3.05, 3.63) is 66.0 Å². The molecular formula is C20H20N2S. The van der Waals surface area contributed by atoms with Crippen molar-refractivity contribution in [1.82, 2.24) is 9.97 Å². The van der Waals surface area contributed by atoms with Crippen LogP contribution < -0.4 is 0 Å². The molecule has 1 saturated carbocycles. The third-order valence-corrected chi connectivity index (χ3v) is 5.67. The van der Waals surface area contributed by atoms with Crippen molar-refractivity contribution >= 4 is 22.7 Å². The topological polar surface area (TPSA) is 25.8 Å². The average Bonchev–Trinajstić information content (AvgIpc) is 3.12. The number of hydrogen-bond acceptors (Lipinski definition) is 3. The van der Waals surface area contributed by atoms with Gasteiger partial charge < -0.3 is 0 Å². The number of fused-ring (bicyclic) bond motifs is 1. The van der Waals surface area contributed by atoms with Crippen molar-refractivity contribution in [2.45, 2.75) is 36.1 Å². The summed E-state index contributed by atoms with van der Waals surface area (Å²) in [5, 5.41) is 2.25. The highest BCUT2D eigenvalue weighted by Crippen LogP contribution is 2.45. The van der Waals surface area contributed by atoms with E-state index in [-0.39, 0.29) is 5.41 Å². The van der Waals surface area contributed by atoms with E-state index in [1.807, 2.05) is 0 Å². The minimum Gasteiger partial charge on any atom is -0.232 e. The first-order valence-electron chi connectivity index (χ1n) is 8.20. The van der Waals surface area contributed by atoms with Crippen LogP contribution >= 0.6 is 11.8 Å². The highest BCUT2D eigenvalue weighted by Gasteiger charge is 2.40. The van der Waals surface area contributed by atoms with Crippen LogP contribution in [0.5, 0.6) is 0 Å². The molecule has 0 N–H and O–H groups in total. The molecule has 1 heterocycles. The van der Waals surface area contributed by atoms with Crippen LogP contribution in [0.2, 0.25) is 0 Å². The molecule has 4 rings (SSSR count). The second-order valence-corrected chi connectivity index (χ2v) is 7.02. The molecule has 23 heavy (non-hydrogen) atoms. The zero-order valence-corrected chi connectivity index (χ0v) is 14.1. The predicted molar refractivity (Wildman–Crippen MR) is 97.0 cm³/mol. The van der Waals surface area contributed by atoms with Crippen molar-refractivity contribution in [3.8, 4) is 0 Å². The van der Waals surface area contributed by atoms with E-state index in [1.165, 1.54) is 18.4 Å². The average molecular weight is 320 g/mol. The maximum absolute atomic E-state index is 5.00. The molecule has 1 aliphatic rings. The number of nitrogens with zero attached hydrogens (tertiary/aromatic N) is 2. The fourth-order valence-corrected chi connectivity index (χ4v) is 4.36. The van der Waals surface area contributed by atoms with E-state index < -0.39 is 0 Å². The van der Waals surface area contributed by atoms with Gasteiger partial charge in [-0.2, -0.15) is 0 Å². The molecule has 1 fully saturated rings. The van der Waals surface area contributed by atoms with E-state index >= 15 is 0 Å². The lowest BCUT2D eigenvalue weighted by Crippen LogP contribution is -2.27. The molecule has 3 heteroatoms. The predicted octanol–water partition coefficient (Wildman–Crippen LogP) is 5.21. The van der Waals surface area contributed by atoms with Gasteiger partial charge in [0, 0.05) is 5.39 Å². The van der Waals surface area contributed by atoms with E-state index in [1.54, 1.807) is 11.8 Å². The van der Waals surface area contributed by atoms with Crippen molar-refractivity contribution in [3.63, 3.8) is 0 Å². The van der Waals surface area contributed by atoms with Gasteiger partial charge in [0.05, 0.1) is 10.9 Å². The van der Waals surface area contributed by atoms with Gasteiger partial charge in [-0.3, -0.25) is 0 Å². The van der Waals surface area contributed by atoms with E-state index in [4.69, 9.17) is 9.97 Å². The van der Waals surface area contributed by atoms with Gasteiger partial charge in [-0.15, -0.1) is 11.8 Å². The summed E-state index contributed by atoms with van der Waals surface area (Å²) in [6.07, 6.45) is 6.88. The van der Waals surface area contributed by atoms with E-state index in [9.17, 15) is 0 Å². The van der Waals surface area contributed by atoms with Gasteiger partial charge in [0.1, 0.15) is 10.9 Å². The van der Waals surface area contributed by atoms with Crippen LogP contribution in [0.3, 0.4) is 0 Å². The number of hydrogen-bond donors (Lipinski definition) is 0. The van der Waals surface area contributed by atoms with Crippen LogP contribution in [0.15, 0.2) is 59.6 Å². The van der Waals surface area contributed by atoms with E-state index in [2.05, 4.69) is 60.9 Å². The van der Waals surface area contributed by atoms with Gasteiger partial charge in [-0.25, -0.2) is 9.97 Å². The van der Waals surface area contributed by atoms with Crippen LogP contribution in [-0.4, -0.2) is 16.2 Å². The third kappa shape index (κ3) is 2.43. The standard InChI is InChI=1S/C20H20N2S/c1-23-18-16-11-5-6-12-17(16)21-19(22-18)20(13-7-8-14-20)15-9-3-2-4-10-15/h2-6,9-12H,7-8,13-14H2,1H3. The zero-order valence-electron chi connectivity index (χ0n) is 13.3. The molecule has 0 saturated heterocycles. The summed E-state index contributed by atoms with van der Waals surface area (Å²) in [5.41, 5.74) is 2.40. The fraction of sp³-hybridized carbons (Fsp3) is 0.300. The van der Waals surface area contributed by atoms with Gasteiger partial charge in [0.2, 0.25) is 0 Å². The summed E-state index contributed by atoms with van der Waals surface area (Å²) in [5.74, 6) is 1.00. The molecule has 116 valence electrons. The Labute approximate surface area is 141 Å². The third-order valence-electron chi connectivity index (χ3n) is 4.97. The molecule has 2 aromatic carbocycles. The monoisotopic (exact) mass is 320 g/mol. The summed E-state index contributed by atoms with van der Waals surface area (Å²) in [6, 6.07) is 19.2. The van der Waals surface area contributed by atoms with E-state index in [0.717, 1.165) is 34.6 Å². The van der Waals surface area contributed by atoms with Crippen LogP contribution in [-0.2, 0) is 5.41 Å². The number of aromatic nitrogens is 2. The van der Waals surface area contributed by atoms with Gasteiger partial charge in [-0.05, 0) is 30.7 Å². The molecule has 0 aliphatic heterocycles. The lowest BCUT2D eigenvalue weighted by molar-refractivity contribution is 0.497. The minimum atomic E-state index is -0.0181. The van der Waals surface area contributed by atoms with Gasteiger partial charge in [-0.1, -0.05) is 61.4 Å². The summed E-state index contributed by atoms with van der Waals surface area (Å²) >= 11 is 1.71. The first kappa shape index (κ1) is 14.7. The summed E-state index contributed by atoms with van der Waals surface area (Å²) in [7, 11) is 0. The molecule has 3 aromatic rings. The summed E-state index contributed by atoms with van der Waals surface area (Å²) < 4.78 is 0. The Morgan fingerprint density at radius 2 is 1.57 bits per heavy atom. The Hall–Kier alpha value is -1.87. The number of benzene rings is 2. The largest absolute Gasteiger partial charge is 0.232 e.